The Kier molecular flexibility index (Phi) is 7.89. The Morgan fingerprint density at radius 3 is 2.43 bits per heavy atom. The van der Waals surface area contributed by atoms with Crippen LogP contribution in [0, 0.1) is 0 Å². The first-order chi connectivity index (χ1) is 17.5. The van der Waals surface area contributed by atoms with Gasteiger partial charge in [0.15, 0.2) is 0 Å². The summed E-state index contributed by atoms with van der Waals surface area (Å²) in [7, 11) is 0. The molecule has 4 N–H and O–H groups in total. The fourth-order valence-corrected chi connectivity index (χ4v) is 5.18. The molecule has 1 aliphatic heterocycles. The van der Waals surface area contributed by atoms with Crippen molar-refractivity contribution in [2.45, 2.75) is 45.8 Å². The van der Waals surface area contributed by atoms with Crippen LogP contribution in [0.5, 0.6) is 0 Å². The van der Waals surface area contributed by atoms with Crippen molar-refractivity contribution >= 4 is 44.9 Å². The number of piperazine rings is 1. The Balaban J connectivity index is 1.27. The molecule has 1 atom stereocenters. The molecule has 1 aromatic carbocycles. The number of rotatable bonds is 6. The number of aliphatic hydroxyl groups excluding tert-OH is 1. The minimum atomic E-state index is -0.682. The molecule has 0 radical (unpaired) electrons. The third-order valence-electron chi connectivity index (χ3n) is 6.18. The number of hydrogen-bond donors (Lipinski definition) is 3. The standard InChI is InChI=1S/C27H35N5O4S/c1-17(33)21-10-9-20-22(28)23(37-25(20)30-21)24(34)29-12-11-18-5-7-19(8-6-18)31-13-15-32(16-14-31)26(35)36-27(2,3)4/h5-10,17,33H,11-16,28H2,1-4H3,(H,29,34)/t17-/m0/s1. The number of aromatic nitrogens is 1. The number of nitrogen functional groups attached to an aromatic ring is 1. The largest absolute Gasteiger partial charge is 0.444 e. The Morgan fingerprint density at radius 2 is 1.81 bits per heavy atom. The summed E-state index contributed by atoms with van der Waals surface area (Å²) in [5.41, 5.74) is 8.90. The molecule has 198 valence electrons. The van der Waals surface area contributed by atoms with Crippen molar-refractivity contribution in [2.24, 2.45) is 0 Å². The van der Waals surface area contributed by atoms with Crippen LogP contribution in [0.15, 0.2) is 36.4 Å². The van der Waals surface area contributed by atoms with Crippen molar-refractivity contribution in [3.8, 4) is 0 Å². The number of hydrogen-bond acceptors (Lipinski definition) is 8. The van der Waals surface area contributed by atoms with Gasteiger partial charge in [0.05, 0.1) is 17.5 Å². The minimum absolute atomic E-state index is 0.224. The van der Waals surface area contributed by atoms with Gasteiger partial charge in [0.1, 0.15) is 15.3 Å². The van der Waals surface area contributed by atoms with Crippen molar-refractivity contribution in [1.82, 2.24) is 15.2 Å². The minimum Gasteiger partial charge on any atom is -0.444 e. The summed E-state index contributed by atoms with van der Waals surface area (Å²) in [6.45, 7) is 10.5. The number of fused-ring (bicyclic) bond motifs is 1. The monoisotopic (exact) mass is 525 g/mol. The number of carbonyl (C=O) groups excluding carboxylic acids is 2. The lowest BCUT2D eigenvalue weighted by Crippen LogP contribution is -2.50. The number of nitrogens with one attached hydrogen (secondary N) is 1. The normalized spacial score (nSPS) is 15.1. The van der Waals surface area contributed by atoms with Gasteiger partial charge in [-0.3, -0.25) is 4.79 Å². The molecule has 1 fully saturated rings. The van der Waals surface area contributed by atoms with Gasteiger partial charge in [-0.15, -0.1) is 11.3 Å². The number of ether oxygens (including phenoxy) is 1. The fraction of sp³-hybridized carbons (Fsp3) is 0.444. The van der Waals surface area contributed by atoms with Gasteiger partial charge in [-0.25, -0.2) is 9.78 Å². The van der Waals surface area contributed by atoms with E-state index in [1.54, 1.807) is 24.0 Å². The smallest absolute Gasteiger partial charge is 0.410 e. The molecule has 0 unspecified atom stereocenters. The van der Waals surface area contributed by atoms with Crippen LogP contribution >= 0.6 is 11.3 Å². The van der Waals surface area contributed by atoms with Crippen LogP contribution in [-0.2, 0) is 11.2 Å². The van der Waals surface area contributed by atoms with Gasteiger partial charge in [0, 0.05) is 43.8 Å². The molecule has 3 aromatic rings. The lowest BCUT2D eigenvalue weighted by Gasteiger charge is -2.36. The van der Waals surface area contributed by atoms with Crippen LogP contribution in [0.25, 0.3) is 10.2 Å². The van der Waals surface area contributed by atoms with Gasteiger partial charge in [-0.1, -0.05) is 12.1 Å². The van der Waals surface area contributed by atoms with E-state index in [4.69, 9.17) is 10.5 Å². The number of nitrogens with zero attached hydrogens (tertiary/aromatic N) is 3. The molecule has 0 bridgehead atoms. The second kappa shape index (κ2) is 10.9. The summed E-state index contributed by atoms with van der Waals surface area (Å²) in [5.74, 6) is -0.224. The summed E-state index contributed by atoms with van der Waals surface area (Å²) < 4.78 is 5.47. The molecular formula is C27H35N5O4S. The molecular weight excluding hydrogens is 490 g/mol. The van der Waals surface area contributed by atoms with Gasteiger partial charge >= 0.3 is 6.09 Å². The first-order valence-electron chi connectivity index (χ1n) is 12.5. The predicted octanol–water partition coefficient (Wildman–Crippen LogP) is 3.96. The van der Waals surface area contributed by atoms with E-state index < -0.39 is 11.7 Å². The maximum Gasteiger partial charge on any atom is 0.410 e. The van der Waals surface area contributed by atoms with Crippen LogP contribution in [-0.4, -0.2) is 65.3 Å². The highest BCUT2D eigenvalue weighted by Crippen LogP contribution is 2.33. The quantitative estimate of drug-likeness (QED) is 0.445. The van der Waals surface area contributed by atoms with E-state index in [0.29, 0.717) is 47.1 Å². The molecule has 37 heavy (non-hydrogen) atoms. The van der Waals surface area contributed by atoms with E-state index >= 15 is 0 Å². The Morgan fingerprint density at radius 1 is 1.14 bits per heavy atom. The first-order valence-corrected chi connectivity index (χ1v) is 13.3. The van der Waals surface area contributed by atoms with Crippen molar-refractivity contribution in [3.63, 3.8) is 0 Å². The Bertz CT molecular complexity index is 1260. The molecule has 9 nitrogen and oxygen atoms in total. The maximum atomic E-state index is 12.8. The first kappa shape index (κ1) is 26.7. The topological polar surface area (TPSA) is 121 Å². The van der Waals surface area contributed by atoms with Crippen LogP contribution in [0.3, 0.4) is 0 Å². The van der Waals surface area contributed by atoms with Crippen LogP contribution in [0.1, 0.15) is 54.7 Å². The summed E-state index contributed by atoms with van der Waals surface area (Å²) >= 11 is 1.23. The van der Waals surface area contributed by atoms with Gasteiger partial charge in [-0.2, -0.15) is 0 Å². The predicted molar refractivity (Wildman–Crippen MR) is 147 cm³/mol. The van der Waals surface area contributed by atoms with Crippen LogP contribution in [0.4, 0.5) is 16.2 Å². The van der Waals surface area contributed by atoms with Crippen molar-refractivity contribution in [3.05, 3.63) is 52.5 Å². The van der Waals surface area contributed by atoms with E-state index in [-0.39, 0.29) is 12.0 Å². The lowest BCUT2D eigenvalue weighted by atomic mass is 10.1. The molecule has 2 aromatic heterocycles. The fourth-order valence-electron chi connectivity index (χ4n) is 4.16. The van der Waals surface area contributed by atoms with E-state index in [1.807, 2.05) is 20.8 Å². The number of aliphatic hydroxyl groups is 1. The van der Waals surface area contributed by atoms with Crippen molar-refractivity contribution in [2.75, 3.05) is 43.4 Å². The molecule has 1 saturated heterocycles. The number of carbonyl (C=O) groups is 2. The highest BCUT2D eigenvalue weighted by Gasteiger charge is 2.26. The second-order valence-electron chi connectivity index (χ2n) is 10.2. The third-order valence-corrected chi connectivity index (χ3v) is 7.30. The number of benzene rings is 1. The van der Waals surface area contributed by atoms with E-state index in [1.165, 1.54) is 11.3 Å². The van der Waals surface area contributed by atoms with Crippen molar-refractivity contribution in [1.29, 1.82) is 0 Å². The van der Waals surface area contributed by atoms with E-state index in [0.717, 1.165) is 29.7 Å². The SMILES string of the molecule is C[C@H](O)c1ccc2c(N)c(C(=O)NCCc3ccc(N4CCN(C(=O)OC(C)(C)C)CC4)cc3)sc2n1. The highest BCUT2D eigenvalue weighted by atomic mass is 32.1. The number of nitrogens with two attached hydrogens (primary N) is 1. The van der Waals surface area contributed by atoms with Gasteiger partial charge < -0.3 is 30.7 Å². The average Bonchev–Trinajstić information content (AvgIpc) is 3.19. The molecule has 0 spiro atoms. The molecule has 1 aliphatic rings. The summed E-state index contributed by atoms with van der Waals surface area (Å²) in [4.78, 5) is 34.5. The Labute approximate surface area is 221 Å². The summed E-state index contributed by atoms with van der Waals surface area (Å²) in [6.07, 6.45) is -0.255. The number of thiophene rings is 1. The molecule has 4 rings (SSSR count). The zero-order chi connectivity index (χ0) is 26.7. The zero-order valence-corrected chi connectivity index (χ0v) is 22.6. The van der Waals surface area contributed by atoms with E-state index in [9.17, 15) is 14.7 Å². The number of amides is 2. The average molecular weight is 526 g/mol. The van der Waals surface area contributed by atoms with Gasteiger partial charge in [-0.05, 0) is 63.9 Å². The molecule has 3 heterocycles. The summed E-state index contributed by atoms with van der Waals surface area (Å²) in [6, 6.07) is 11.8. The zero-order valence-electron chi connectivity index (χ0n) is 21.8. The van der Waals surface area contributed by atoms with Crippen molar-refractivity contribution < 1.29 is 19.4 Å². The lowest BCUT2D eigenvalue weighted by molar-refractivity contribution is 0.0240. The molecule has 0 saturated carbocycles. The molecule has 0 aliphatic carbocycles. The van der Waals surface area contributed by atoms with Gasteiger partial charge in [0.2, 0.25) is 0 Å². The summed E-state index contributed by atoms with van der Waals surface area (Å²) in [5, 5.41) is 13.4. The number of anilines is 2. The molecule has 10 heteroatoms. The number of pyridine rings is 1. The van der Waals surface area contributed by atoms with Crippen LogP contribution < -0.4 is 16.0 Å². The Hall–Kier alpha value is -3.37. The van der Waals surface area contributed by atoms with E-state index in [2.05, 4.69) is 39.5 Å². The van der Waals surface area contributed by atoms with Gasteiger partial charge in [0.25, 0.3) is 5.91 Å². The second-order valence-corrected chi connectivity index (χ2v) is 11.2. The molecule has 2 amide bonds. The third kappa shape index (κ3) is 6.50. The van der Waals surface area contributed by atoms with Crippen LogP contribution in [0.2, 0.25) is 0 Å². The maximum absolute atomic E-state index is 12.8. The highest BCUT2D eigenvalue weighted by molar-refractivity contribution is 7.21.